The van der Waals surface area contributed by atoms with Crippen molar-refractivity contribution in [2.45, 2.75) is 20.0 Å². The van der Waals surface area contributed by atoms with Gasteiger partial charge in [-0.25, -0.2) is 0 Å². The molecule has 0 spiro atoms. The highest BCUT2D eigenvalue weighted by atomic mass is 32.1. The van der Waals surface area contributed by atoms with Crippen molar-refractivity contribution in [3.05, 3.63) is 0 Å². The molecule has 0 amide bonds. The summed E-state index contributed by atoms with van der Waals surface area (Å²) >= 11 is 1.26. The van der Waals surface area contributed by atoms with Gasteiger partial charge in [-0.05, 0) is 13.8 Å². The van der Waals surface area contributed by atoms with Crippen molar-refractivity contribution in [3.8, 4) is 0 Å². The number of nitrogens with one attached hydrogen (secondary N) is 1. The van der Waals surface area contributed by atoms with Gasteiger partial charge >= 0.3 is 0 Å². The molecule has 1 rings (SSSR count). The molecule has 13 heavy (non-hydrogen) atoms. The van der Waals surface area contributed by atoms with Crippen molar-refractivity contribution < 1.29 is 4.74 Å². The number of hydrogen-bond donors (Lipinski definition) is 2. The van der Waals surface area contributed by atoms with E-state index in [4.69, 9.17) is 10.5 Å². The lowest BCUT2D eigenvalue weighted by Crippen LogP contribution is -2.19. The van der Waals surface area contributed by atoms with Crippen molar-refractivity contribution in [2.24, 2.45) is 0 Å². The Balaban J connectivity index is 2.26. The Morgan fingerprint density at radius 2 is 2.46 bits per heavy atom. The van der Waals surface area contributed by atoms with Gasteiger partial charge in [0.15, 0.2) is 0 Å². The Bertz CT molecular complexity index is 252. The number of nitrogen functional groups attached to an aromatic ring is 1. The van der Waals surface area contributed by atoms with Gasteiger partial charge < -0.3 is 15.8 Å². The highest BCUT2D eigenvalue weighted by Gasteiger charge is 2.03. The van der Waals surface area contributed by atoms with Gasteiger partial charge in [-0.1, -0.05) is 0 Å². The van der Waals surface area contributed by atoms with E-state index in [-0.39, 0.29) is 6.10 Å². The molecule has 0 saturated carbocycles. The molecular weight excluding hydrogens is 188 g/mol. The van der Waals surface area contributed by atoms with E-state index in [0.29, 0.717) is 5.95 Å². The van der Waals surface area contributed by atoms with Crippen molar-refractivity contribution in [1.29, 1.82) is 0 Å². The first-order valence-electron chi connectivity index (χ1n) is 4.17. The monoisotopic (exact) mass is 202 g/mol. The number of nitrogens with two attached hydrogens (primary N) is 1. The minimum absolute atomic E-state index is 0.176. The van der Waals surface area contributed by atoms with E-state index in [1.54, 1.807) is 0 Å². The number of ether oxygens (including phenoxy) is 1. The molecule has 0 aromatic carbocycles. The zero-order valence-electron chi connectivity index (χ0n) is 7.78. The third-order valence-electron chi connectivity index (χ3n) is 1.43. The highest BCUT2D eigenvalue weighted by Crippen LogP contribution is 2.11. The van der Waals surface area contributed by atoms with Crippen LogP contribution in [0.15, 0.2) is 0 Å². The van der Waals surface area contributed by atoms with Crippen LogP contribution < -0.4 is 11.1 Å². The molecule has 0 aliphatic carbocycles. The van der Waals surface area contributed by atoms with Gasteiger partial charge in [0.1, 0.15) is 0 Å². The van der Waals surface area contributed by atoms with Crippen LogP contribution in [0.25, 0.3) is 0 Å². The zero-order chi connectivity index (χ0) is 9.68. The molecule has 5 nitrogen and oxygen atoms in total. The van der Waals surface area contributed by atoms with Gasteiger partial charge in [-0.2, -0.15) is 9.36 Å². The second kappa shape index (κ2) is 4.98. The second-order valence-electron chi connectivity index (χ2n) is 2.60. The summed E-state index contributed by atoms with van der Waals surface area (Å²) < 4.78 is 9.18. The zero-order valence-corrected chi connectivity index (χ0v) is 8.60. The SMILES string of the molecule is CCOC(C)CNc1nc(N)ns1. The summed E-state index contributed by atoms with van der Waals surface area (Å²) in [6, 6.07) is 0. The summed E-state index contributed by atoms with van der Waals surface area (Å²) in [6.07, 6.45) is 0.176. The molecule has 1 unspecified atom stereocenters. The summed E-state index contributed by atoms with van der Waals surface area (Å²) in [5, 5.41) is 3.83. The predicted molar refractivity (Wildman–Crippen MR) is 53.9 cm³/mol. The summed E-state index contributed by atoms with van der Waals surface area (Å²) in [7, 11) is 0. The first kappa shape index (κ1) is 10.2. The van der Waals surface area contributed by atoms with Crippen LogP contribution in [0.1, 0.15) is 13.8 Å². The lowest BCUT2D eigenvalue weighted by Gasteiger charge is -2.10. The van der Waals surface area contributed by atoms with Gasteiger partial charge in [0.2, 0.25) is 11.1 Å². The van der Waals surface area contributed by atoms with E-state index in [0.717, 1.165) is 18.3 Å². The first-order chi connectivity index (χ1) is 6.22. The third-order valence-corrected chi connectivity index (χ3v) is 2.12. The highest BCUT2D eigenvalue weighted by molar-refractivity contribution is 7.09. The summed E-state index contributed by atoms with van der Waals surface area (Å²) in [5.74, 6) is 0.316. The fourth-order valence-electron chi connectivity index (χ4n) is 0.881. The Morgan fingerprint density at radius 1 is 1.69 bits per heavy atom. The van der Waals surface area contributed by atoms with Crippen LogP contribution in [0.3, 0.4) is 0 Å². The Labute approximate surface area is 81.5 Å². The molecule has 0 aliphatic rings. The number of rotatable bonds is 5. The second-order valence-corrected chi connectivity index (χ2v) is 3.36. The number of hydrogen-bond acceptors (Lipinski definition) is 6. The molecule has 0 saturated heterocycles. The minimum atomic E-state index is 0.176. The van der Waals surface area contributed by atoms with Crippen molar-refractivity contribution in [2.75, 3.05) is 24.2 Å². The standard InChI is InChI=1S/C7H14N4OS/c1-3-12-5(2)4-9-7-10-6(8)11-13-7/h5H,3-4H2,1-2H3,(H3,8,9,10,11). The molecule has 3 N–H and O–H groups in total. The summed E-state index contributed by atoms with van der Waals surface area (Å²) in [5.41, 5.74) is 5.36. The van der Waals surface area contributed by atoms with Crippen LogP contribution in [0.5, 0.6) is 0 Å². The van der Waals surface area contributed by atoms with E-state index >= 15 is 0 Å². The molecular formula is C7H14N4OS. The molecule has 1 heterocycles. The largest absolute Gasteiger partial charge is 0.377 e. The maximum Gasteiger partial charge on any atom is 0.233 e. The topological polar surface area (TPSA) is 73.1 Å². The third kappa shape index (κ3) is 3.56. The van der Waals surface area contributed by atoms with Crippen LogP contribution >= 0.6 is 11.5 Å². The van der Waals surface area contributed by atoms with Crippen LogP contribution in [-0.2, 0) is 4.74 Å². The van der Waals surface area contributed by atoms with Crippen LogP contribution in [0, 0.1) is 0 Å². The molecule has 0 aliphatic heterocycles. The average Bonchev–Trinajstić information content (AvgIpc) is 2.49. The fourth-order valence-corrected chi connectivity index (χ4v) is 1.38. The molecule has 1 atom stereocenters. The smallest absolute Gasteiger partial charge is 0.233 e. The van der Waals surface area contributed by atoms with E-state index in [2.05, 4.69) is 14.7 Å². The van der Waals surface area contributed by atoms with E-state index in [1.165, 1.54) is 11.5 Å². The molecule has 1 aromatic rings. The molecule has 0 fully saturated rings. The lowest BCUT2D eigenvalue weighted by molar-refractivity contribution is 0.0855. The molecule has 74 valence electrons. The fraction of sp³-hybridized carbons (Fsp3) is 0.714. The van der Waals surface area contributed by atoms with Crippen molar-refractivity contribution >= 4 is 22.6 Å². The maximum atomic E-state index is 5.36. The van der Waals surface area contributed by atoms with Gasteiger partial charge in [0.05, 0.1) is 6.10 Å². The Hall–Kier alpha value is -0.880. The molecule has 6 heteroatoms. The van der Waals surface area contributed by atoms with Crippen LogP contribution in [0.2, 0.25) is 0 Å². The van der Waals surface area contributed by atoms with Gasteiger partial charge in [0.25, 0.3) is 0 Å². The summed E-state index contributed by atoms with van der Waals surface area (Å²) in [6.45, 7) is 5.42. The normalized spacial score (nSPS) is 12.8. The van der Waals surface area contributed by atoms with Gasteiger partial charge in [-0.15, -0.1) is 0 Å². The van der Waals surface area contributed by atoms with E-state index in [1.807, 2.05) is 13.8 Å². The Kier molecular flexibility index (Phi) is 3.91. The number of aromatic nitrogens is 2. The van der Waals surface area contributed by atoms with Crippen LogP contribution in [-0.4, -0.2) is 28.6 Å². The van der Waals surface area contributed by atoms with E-state index in [9.17, 15) is 0 Å². The van der Waals surface area contributed by atoms with Crippen LogP contribution in [0.4, 0.5) is 11.1 Å². The number of anilines is 2. The maximum absolute atomic E-state index is 5.36. The minimum Gasteiger partial charge on any atom is -0.377 e. The Morgan fingerprint density at radius 3 is 3.00 bits per heavy atom. The molecule has 1 aromatic heterocycles. The van der Waals surface area contributed by atoms with Gasteiger partial charge in [-0.3, -0.25) is 0 Å². The molecule has 0 radical (unpaired) electrons. The quantitative estimate of drug-likeness (QED) is 0.744. The molecule has 0 bridgehead atoms. The average molecular weight is 202 g/mol. The lowest BCUT2D eigenvalue weighted by atomic mass is 10.4. The first-order valence-corrected chi connectivity index (χ1v) is 4.94. The predicted octanol–water partition coefficient (Wildman–Crippen LogP) is 0.957. The van der Waals surface area contributed by atoms with Gasteiger partial charge in [0, 0.05) is 24.7 Å². The van der Waals surface area contributed by atoms with Crippen molar-refractivity contribution in [3.63, 3.8) is 0 Å². The van der Waals surface area contributed by atoms with Crippen molar-refractivity contribution in [1.82, 2.24) is 9.36 Å². The summed E-state index contributed by atoms with van der Waals surface area (Å²) in [4.78, 5) is 3.96. The number of nitrogens with zero attached hydrogens (tertiary/aromatic N) is 2. The van der Waals surface area contributed by atoms with E-state index < -0.39 is 0 Å².